The van der Waals surface area contributed by atoms with Crippen molar-refractivity contribution in [2.45, 2.75) is 11.8 Å². The molecule has 0 aliphatic heterocycles. The zero-order valence-corrected chi connectivity index (χ0v) is 20.3. The lowest BCUT2D eigenvalue weighted by molar-refractivity contribution is -0.119. The lowest BCUT2D eigenvalue weighted by Gasteiger charge is -2.24. The fourth-order valence-electron chi connectivity index (χ4n) is 3.07. The Hall–Kier alpha value is -4.18. The van der Waals surface area contributed by atoms with E-state index in [1.165, 1.54) is 44.7 Å². The molecule has 0 fully saturated rings. The number of anilines is 1. The van der Waals surface area contributed by atoms with Crippen LogP contribution in [0.15, 0.2) is 82.8 Å². The molecule has 0 unspecified atom stereocenters. The van der Waals surface area contributed by atoms with Crippen LogP contribution in [0.25, 0.3) is 0 Å². The molecule has 10 heteroatoms. The molecular weight excluding hydrogens is 470 g/mol. The summed E-state index contributed by atoms with van der Waals surface area (Å²) in [7, 11) is -1.28. The van der Waals surface area contributed by atoms with Gasteiger partial charge >= 0.3 is 5.97 Å². The van der Waals surface area contributed by atoms with Crippen LogP contribution in [-0.2, 0) is 19.6 Å². The predicted molar refractivity (Wildman–Crippen MR) is 132 cm³/mol. The van der Waals surface area contributed by atoms with Gasteiger partial charge in [-0.25, -0.2) is 18.6 Å². The highest BCUT2D eigenvalue weighted by Crippen LogP contribution is 2.25. The highest BCUT2D eigenvalue weighted by molar-refractivity contribution is 7.92. The van der Waals surface area contributed by atoms with E-state index in [4.69, 9.17) is 4.74 Å². The molecule has 1 N–H and O–H groups in total. The normalized spacial score (nSPS) is 11.2. The summed E-state index contributed by atoms with van der Waals surface area (Å²) in [4.78, 5) is 24.2. The van der Waals surface area contributed by atoms with Crippen LogP contribution < -0.4 is 14.5 Å². The summed E-state index contributed by atoms with van der Waals surface area (Å²) >= 11 is 0. The van der Waals surface area contributed by atoms with Crippen LogP contribution in [-0.4, -0.2) is 47.3 Å². The Bertz CT molecular complexity index is 1300. The standard InChI is InChI=1S/C25H25N3O6S/c1-18-4-10-21(11-5-18)28(35(31,32)23-14-12-22(33-2)13-15-23)17-24(29)27-26-16-19-6-8-20(9-7-19)25(30)34-3/h4-16H,17H2,1-3H3,(H,27,29)/b26-16-. The summed E-state index contributed by atoms with van der Waals surface area (Å²) in [5, 5.41) is 3.90. The Morgan fingerprint density at radius 1 is 0.943 bits per heavy atom. The highest BCUT2D eigenvalue weighted by Gasteiger charge is 2.27. The largest absolute Gasteiger partial charge is 0.497 e. The van der Waals surface area contributed by atoms with Gasteiger partial charge in [-0.3, -0.25) is 9.10 Å². The number of rotatable bonds is 9. The Morgan fingerprint density at radius 2 is 1.57 bits per heavy atom. The smallest absolute Gasteiger partial charge is 0.337 e. The molecule has 0 saturated carbocycles. The molecule has 0 aliphatic carbocycles. The van der Waals surface area contributed by atoms with E-state index < -0.39 is 28.4 Å². The number of aryl methyl sites for hydroxylation is 1. The molecule has 3 aromatic rings. The van der Waals surface area contributed by atoms with Crippen molar-refractivity contribution in [3.63, 3.8) is 0 Å². The minimum absolute atomic E-state index is 0.0147. The fraction of sp³-hybridized carbons (Fsp3) is 0.160. The van der Waals surface area contributed by atoms with Crippen molar-refractivity contribution >= 4 is 33.8 Å². The van der Waals surface area contributed by atoms with Crippen LogP contribution in [0.1, 0.15) is 21.5 Å². The first-order valence-corrected chi connectivity index (χ1v) is 11.9. The number of carbonyl (C=O) groups excluding carboxylic acids is 2. The van der Waals surface area contributed by atoms with Crippen LogP contribution in [0.5, 0.6) is 5.75 Å². The van der Waals surface area contributed by atoms with Crippen LogP contribution >= 0.6 is 0 Å². The van der Waals surface area contributed by atoms with E-state index in [-0.39, 0.29) is 4.90 Å². The Labute approximate surface area is 204 Å². The van der Waals surface area contributed by atoms with Gasteiger partial charge < -0.3 is 9.47 Å². The molecule has 0 aromatic heterocycles. The zero-order valence-electron chi connectivity index (χ0n) is 19.5. The van der Waals surface area contributed by atoms with Gasteiger partial charge in [-0.1, -0.05) is 29.8 Å². The monoisotopic (exact) mass is 495 g/mol. The Morgan fingerprint density at radius 3 is 2.14 bits per heavy atom. The van der Waals surface area contributed by atoms with E-state index in [0.717, 1.165) is 9.87 Å². The van der Waals surface area contributed by atoms with Crippen LogP contribution in [0.2, 0.25) is 0 Å². The second-order valence-corrected chi connectivity index (χ2v) is 9.29. The molecule has 0 spiro atoms. The first kappa shape index (κ1) is 25.4. The van der Waals surface area contributed by atoms with Gasteiger partial charge in [0.15, 0.2) is 0 Å². The van der Waals surface area contributed by atoms with Crippen molar-refractivity contribution in [2.75, 3.05) is 25.1 Å². The fourth-order valence-corrected chi connectivity index (χ4v) is 4.49. The number of amides is 1. The van der Waals surface area contributed by atoms with Crippen LogP contribution in [0.3, 0.4) is 0 Å². The summed E-state index contributed by atoms with van der Waals surface area (Å²) in [6.45, 7) is 1.39. The van der Waals surface area contributed by atoms with E-state index in [0.29, 0.717) is 22.6 Å². The van der Waals surface area contributed by atoms with Crippen molar-refractivity contribution in [3.8, 4) is 5.75 Å². The third-order valence-electron chi connectivity index (χ3n) is 4.99. The number of nitrogens with zero attached hydrogens (tertiary/aromatic N) is 2. The maximum absolute atomic E-state index is 13.4. The number of esters is 1. The van der Waals surface area contributed by atoms with Gasteiger partial charge in [0.2, 0.25) is 0 Å². The number of hydrogen-bond acceptors (Lipinski definition) is 7. The summed E-state index contributed by atoms with van der Waals surface area (Å²) in [6.07, 6.45) is 1.38. The van der Waals surface area contributed by atoms with Crippen molar-refractivity contribution < 1.29 is 27.5 Å². The molecule has 3 aromatic carbocycles. The van der Waals surface area contributed by atoms with Crippen molar-refractivity contribution in [1.29, 1.82) is 0 Å². The average molecular weight is 496 g/mol. The zero-order chi connectivity index (χ0) is 25.4. The topological polar surface area (TPSA) is 114 Å². The molecule has 1 amide bonds. The molecule has 0 saturated heterocycles. The number of methoxy groups -OCH3 is 2. The van der Waals surface area contributed by atoms with Gasteiger partial charge in [0, 0.05) is 0 Å². The number of hydrazone groups is 1. The molecule has 0 radical (unpaired) electrons. The summed E-state index contributed by atoms with van der Waals surface area (Å²) in [5.41, 5.74) is 4.63. The van der Waals surface area contributed by atoms with Crippen molar-refractivity contribution in [1.82, 2.24) is 5.43 Å². The maximum atomic E-state index is 13.4. The molecule has 35 heavy (non-hydrogen) atoms. The minimum atomic E-state index is -4.06. The number of nitrogens with one attached hydrogen (secondary N) is 1. The van der Waals surface area contributed by atoms with Gasteiger partial charge in [-0.2, -0.15) is 5.10 Å². The predicted octanol–water partition coefficient (Wildman–Crippen LogP) is 3.14. The van der Waals surface area contributed by atoms with Gasteiger partial charge in [0.25, 0.3) is 15.9 Å². The van der Waals surface area contributed by atoms with E-state index in [2.05, 4.69) is 15.3 Å². The lowest BCUT2D eigenvalue weighted by Crippen LogP contribution is -2.39. The van der Waals surface area contributed by atoms with E-state index >= 15 is 0 Å². The first-order chi connectivity index (χ1) is 16.7. The third-order valence-corrected chi connectivity index (χ3v) is 6.78. The molecule has 9 nitrogen and oxygen atoms in total. The summed E-state index contributed by atoms with van der Waals surface area (Å²) < 4.78 is 37.5. The van der Waals surface area contributed by atoms with E-state index in [9.17, 15) is 18.0 Å². The molecule has 0 heterocycles. The number of ether oxygens (including phenoxy) is 2. The van der Waals surface area contributed by atoms with E-state index in [1.54, 1.807) is 48.5 Å². The van der Waals surface area contributed by atoms with Gasteiger partial charge in [-0.15, -0.1) is 0 Å². The average Bonchev–Trinajstić information content (AvgIpc) is 2.88. The lowest BCUT2D eigenvalue weighted by atomic mass is 10.1. The quantitative estimate of drug-likeness (QED) is 0.277. The molecule has 0 atom stereocenters. The molecular formula is C25H25N3O6S. The van der Waals surface area contributed by atoms with Crippen LogP contribution in [0.4, 0.5) is 5.69 Å². The van der Waals surface area contributed by atoms with Crippen LogP contribution in [0, 0.1) is 6.92 Å². The highest BCUT2D eigenvalue weighted by atomic mass is 32.2. The molecule has 182 valence electrons. The number of carbonyl (C=O) groups is 2. The number of hydrogen-bond donors (Lipinski definition) is 1. The number of sulfonamides is 1. The number of benzene rings is 3. The second kappa shape index (κ2) is 11.3. The molecule has 0 aliphatic rings. The van der Waals surface area contributed by atoms with Gasteiger partial charge in [-0.05, 0) is 61.0 Å². The summed E-state index contributed by atoms with van der Waals surface area (Å²) in [6, 6.07) is 19.1. The minimum Gasteiger partial charge on any atom is -0.497 e. The molecule has 3 rings (SSSR count). The second-order valence-electron chi connectivity index (χ2n) is 7.43. The Balaban J connectivity index is 1.78. The SMILES string of the molecule is COC(=O)c1ccc(/C=N\NC(=O)CN(c2ccc(C)cc2)S(=O)(=O)c2ccc(OC)cc2)cc1. The maximum Gasteiger partial charge on any atom is 0.337 e. The van der Waals surface area contributed by atoms with E-state index in [1.807, 2.05) is 6.92 Å². The van der Waals surface area contributed by atoms with Gasteiger partial charge in [0.1, 0.15) is 12.3 Å². The third kappa shape index (κ3) is 6.45. The summed E-state index contributed by atoms with van der Waals surface area (Å²) in [5.74, 6) is -0.585. The first-order valence-electron chi connectivity index (χ1n) is 10.5. The van der Waals surface area contributed by atoms with Gasteiger partial charge in [0.05, 0.1) is 36.6 Å². The van der Waals surface area contributed by atoms with Crippen molar-refractivity contribution in [3.05, 3.63) is 89.5 Å². The van der Waals surface area contributed by atoms with Crippen molar-refractivity contribution in [2.24, 2.45) is 5.10 Å². The Kier molecular flexibility index (Phi) is 8.21. The molecule has 0 bridgehead atoms.